The topological polar surface area (TPSA) is 0 Å². The van der Waals surface area contributed by atoms with Crippen LogP contribution in [0.25, 0.3) is 6.08 Å². The number of hydrogen-bond donors (Lipinski definition) is 0. The Labute approximate surface area is 93.8 Å². The van der Waals surface area contributed by atoms with Crippen LogP contribution in [0.4, 0.5) is 13.2 Å². The van der Waals surface area contributed by atoms with E-state index in [0.29, 0.717) is 5.56 Å². The first-order valence-corrected chi connectivity index (χ1v) is 5.01. The maximum absolute atomic E-state index is 13.0. The van der Waals surface area contributed by atoms with Gasteiger partial charge in [-0.25, -0.2) is 0 Å². The van der Waals surface area contributed by atoms with Gasteiger partial charge < -0.3 is 0 Å². The van der Waals surface area contributed by atoms with Gasteiger partial charge in [-0.05, 0) is 16.5 Å². The number of rotatable bonds is 1. The Morgan fingerprint density at radius 2 is 1.69 bits per heavy atom. The summed E-state index contributed by atoms with van der Waals surface area (Å²) in [5, 5.41) is 0. The molecule has 0 atom stereocenters. The summed E-state index contributed by atoms with van der Waals surface area (Å²) in [5.74, 6) is 0. The van der Waals surface area contributed by atoms with Crippen LogP contribution < -0.4 is 0 Å². The lowest BCUT2D eigenvalue weighted by Gasteiger charge is -2.25. The summed E-state index contributed by atoms with van der Waals surface area (Å²) >= 11 is 0. The molecule has 0 fully saturated rings. The molecule has 88 valence electrons. The van der Waals surface area contributed by atoms with E-state index >= 15 is 0 Å². The second kappa shape index (κ2) is 3.96. The third kappa shape index (κ3) is 2.46. The molecule has 0 bridgehead atoms. The lowest BCUT2D eigenvalue weighted by molar-refractivity contribution is -0.138. The van der Waals surface area contributed by atoms with Gasteiger partial charge in [-0.3, -0.25) is 0 Å². The van der Waals surface area contributed by atoms with Crippen LogP contribution in [0.1, 0.15) is 37.5 Å². The Morgan fingerprint density at radius 3 is 2.06 bits per heavy atom. The molecule has 0 aliphatic carbocycles. The summed E-state index contributed by atoms with van der Waals surface area (Å²) < 4.78 is 38.9. The van der Waals surface area contributed by atoms with E-state index in [1.54, 1.807) is 26.8 Å². The number of hydrogen-bond acceptors (Lipinski definition) is 0. The van der Waals surface area contributed by atoms with Crippen molar-refractivity contribution in [3.05, 3.63) is 41.5 Å². The monoisotopic (exact) mass is 228 g/mol. The van der Waals surface area contributed by atoms with Crippen LogP contribution >= 0.6 is 0 Å². The van der Waals surface area contributed by atoms with Gasteiger partial charge in [-0.1, -0.05) is 51.6 Å². The molecule has 3 heteroatoms. The predicted octanol–water partition coefficient (Wildman–Crippen LogP) is 4.65. The van der Waals surface area contributed by atoms with Gasteiger partial charge in [-0.2, -0.15) is 13.2 Å². The van der Waals surface area contributed by atoms with Crippen LogP contribution in [0, 0.1) is 0 Å². The van der Waals surface area contributed by atoms with Gasteiger partial charge in [0.25, 0.3) is 0 Å². The van der Waals surface area contributed by atoms with E-state index in [2.05, 4.69) is 6.58 Å². The van der Waals surface area contributed by atoms with Crippen molar-refractivity contribution in [2.75, 3.05) is 0 Å². The molecular weight excluding hydrogens is 213 g/mol. The van der Waals surface area contributed by atoms with E-state index in [0.717, 1.165) is 0 Å². The first-order chi connectivity index (χ1) is 7.18. The molecule has 0 spiro atoms. The standard InChI is InChI=1S/C13H15F3/c1-5-9-7-6-8-10(12(2,3)4)11(9)13(14,15)16/h5-8H,1H2,2-4H3. The van der Waals surface area contributed by atoms with Crippen LogP contribution in [0.2, 0.25) is 0 Å². The van der Waals surface area contributed by atoms with Crippen molar-refractivity contribution in [3.63, 3.8) is 0 Å². The zero-order chi connectivity index (χ0) is 12.6. The number of benzene rings is 1. The smallest absolute Gasteiger partial charge is 0.166 e. The highest BCUT2D eigenvalue weighted by Gasteiger charge is 2.37. The summed E-state index contributed by atoms with van der Waals surface area (Å²) in [7, 11) is 0. The van der Waals surface area contributed by atoms with E-state index in [-0.39, 0.29) is 5.56 Å². The van der Waals surface area contributed by atoms with Gasteiger partial charge in [0.05, 0.1) is 5.56 Å². The van der Waals surface area contributed by atoms with Crippen molar-refractivity contribution < 1.29 is 13.2 Å². The SMILES string of the molecule is C=Cc1cccc(C(C)(C)C)c1C(F)(F)F. The molecule has 0 N–H and O–H groups in total. The molecule has 0 aromatic heterocycles. The maximum atomic E-state index is 13.0. The summed E-state index contributed by atoms with van der Waals surface area (Å²) in [6.07, 6.45) is -3.09. The quantitative estimate of drug-likeness (QED) is 0.656. The normalized spacial score (nSPS) is 12.6. The molecule has 16 heavy (non-hydrogen) atoms. The number of alkyl halides is 3. The maximum Gasteiger partial charge on any atom is 0.417 e. The van der Waals surface area contributed by atoms with Crippen LogP contribution in [0.15, 0.2) is 24.8 Å². The molecule has 1 aromatic rings. The molecule has 0 nitrogen and oxygen atoms in total. The van der Waals surface area contributed by atoms with Crippen LogP contribution in [0.3, 0.4) is 0 Å². The van der Waals surface area contributed by atoms with Gasteiger partial charge in [-0.15, -0.1) is 0 Å². The Bertz CT molecular complexity index is 395. The summed E-state index contributed by atoms with van der Waals surface area (Å²) in [6.45, 7) is 8.73. The van der Waals surface area contributed by atoms with E-state index in [1.165, 1.54) is 18.2 Å². The van der Waals surface area contributed by atoms with Gasteiger partial charge in [0.2, 0.25) is 0 Å². The summed E-state index contributed by atoms with van der Waals surface area (Å²) in [6, 6.07) is 4.59. The lowest BCUT2D eigenvalue weighted by atomic mass is 9.82. The number of halogens is 3. The average molecular weight is 228 g/mol. The van der Waals surface area contributed by atoms with E-state index in [4.69, 9.17) is 0 Å². The summed E-state index contributed by atoms with van der Waals surface area (Å²) in [4.78, 5) is 0. The van der Waals surface area contributed by atoms with Crippen LogP contribution in [0.5, 0.6) is 0 Å². The lowest BCUT2D eigenvalue weighted by Crippen LogP contribution is -2.20. The first kappa shape index (κ1) is 12.8. The molecule has 0 radical (unpaired) electrons. The van der Waals surface area contributed by atoms with Crippen molar-refractivity contribution >= 4 is 6.08 Å². The minimum Gasteiger partial charge on any atom is -0.166 e. The Kier molecular flexibility index (Phi) is 3.17. The average Bonchev–Trinajstić information content (AvgIpc) is 2.13. The van der Waals surface area contributed by atoms with Crippen molar-refractivity contribution in [2.24, 2.45) is 0 Å². The van der Waals surface area contributed by atoms with Gasteiger partial charge >= 0.3 is 6.18 Å². The molecule has 1 rings (SSSR count). The van der Waals surface area contributed by atoms with Crippen LogP contribution in [-0.4, -0.2) is 0 Å². The van der Waals surface area contributed by atoms with Gasteiger partial charge in [0, 0.05) is 0 Å². The van der Waals surface area contributed by atoms with Crippen LogP contribution in [-0.2, 0) is 11.6 Å². The van der Waals surface area contributed by atoms with Crippen molar-refractivity contribution in [2.45, 2.75) is 32.4 Å². The zero-order valence-electron chi connectivity index (χ0n) is 9.65. The largest absolute Gasteiger partial charge is 0.417 e. The molecular formula is C13H15F3. The van der Waals surface area contributed by atoms with Crippen molar-refractivity contribution in [1.82, 2.24) is 0 Å². The fourth-order valence-electron chi connectivity index (χ4n) is 1.68. The third-order valence-electron chi connectivity index (χ3n) is 2.41. The second-order valence-electron chi connectivity index (χ2n) is 4.72. The molecule has 0 saturated heterocycles. The minimum absolute atomic E-state index is 0.139. The Balaban J connectivity index is 3.57. The summed E-state index contributed by atoms with van der Waals surface area (Å²) in [5.41, 5.74) is -0.668. The highest BCUT2D eigenvalue weighted by atomic mass is 19.4. The third-order valence-corrected chi connectivity index (χ3v) is 2.41. The molecule has 1 aromatic carbocycles. The molecule has 0 unspecified atom stereocenters. The van der Waals surface area contributed by atoms with E-state index < -0.39 is 17.2 Å². The highest BCUT2D eigenvalue weighted by molar-refractivity contribution is 5.56. The Morgan fingerprint density at radius 1 is 1.12 bits per heavy atom. The molecule has 0 amide bonds. The van der Waals surface area contributed by atoms with E-state index in [1.807, 2.05) is 0 Å². The highest BCUT2D eigenvalue weighted by Crippen LogP contribution is 2.39. The molecule has 0 saturated carbocycles. The molecule has 0 aliphatic rings. The fourth-order valence-corrected chi connectivity index (χ4v) is 1.68. The molecule has 0 heterocycles. The van der Waals surface area contributed by atoms with Crippen molar-refractivity contribution in [3.8, 4) is 0 Å². The minimum atomic E-state index is -4.34. The van der Waals surface area contributed by atoms with Gasteiger partial charge in [0.1, 0.15) is 0 Å². The Hall–Kier alpha value is -1.25. The van der Waals surface area contributed by atoms with Crippen molar-refractivity contribution in [1.29, 1.82) is 0 Å². The predicted molar refractivity (Wildman–Crippen MR) is 60.2 cm³/mol. The van der Waals surface area contributed by atoms with E-state index in [9.17, 15) is 13.2 Å². The zero-order valence-corrected chi connectivity index (χ0v) is 9.65. The second-order valence-corrected chi connectivity index (χ2v) is 4.72. The molecule has 0 aliphatic heterocycles. The first-order valence-electron chi connectivity index (χ1n) is 5.01. The van der Waals surface area contributed by atoms with Gasteiger partial charge in [0.15, 0.2) is 0 Å². The fraction of sp³-hybridized carbons (Fsp3) is 0.385.